The van der Waals surface area contributed by atoms with Crippen LogP contribution in [0.1, 0.15) is 29.1 Å². The average molecular weight is 342 g/mol. The monoisotopic (exact) mass is 342 g/mol. The normalized spacial score (nSPS) is 26.1. The summed E-state index contributed by atoms with van der Waals surface area (Å²) in [7, 11) is 0. The molecule has 0 spiro atoms. The van der Waals surface area contributed by atoms with Gasteiger partial charge in [0.2, 0.25) is 0 Å². The second-order valence-corrected chi connectivity index (χ2v) is 6.74. The number of aryl methyl sites for hydroxylation is 1. The highest BCUT2D eigenvalue weighted by Gasteiger charge is 2.41. The van der Waals surface area contributed by atoms with Crippen molar-refractivity contribution in [2.24, 2.45) is 5.92 Å². The Labute approximate surface area is 146 Å². The summed E-state index contributed by atoms with van der Waals surface area (Å²) in [5.41, 5.74) is 0.871. The van der Waals surface area contributed by atoms with Crippen molar-refractivity contribution in [2.75, 3.05) is 25.0 Å². The molecule has 2 saturated heterocycles. The number of amides is 1. The van der Waals surface area contributed by atoms with Gasteiger partial charge in [0.15, 0.2) is 5.76 Å². The van der Waals surface area contributed by atoms with Crippen molar-refractivity contribution < 1.29 is 13.9 Å². The molecule has 0 unspecified atom stereocenters. The first-order chi connectivity index (χ1) is 12.2. The summed E-state index contributed by atoms with van der Waals surface area (Å²) in [5, 5.41) is 11.7. The summed E-state index contributed by atoms with van der Waals surface area (Å²) >= 11 is 0. The van der Waals surface area contributed by atoms with E-state index in [0.29, 0.717) is 30.6 Å². The molecule has 3 atom stereocenters. The van der Waals surface area contributed by atoms with Crippen LogP contribution in [0.25, 0.3) is 0 Å². The van der Waals surface area contributed by atoms with E-state index in [1.165, 1.54) is 6.26 Å². The van der Waals surface area contributed by atoms with Crippen molar-refractivity contribution in [1.29, 1.82) is 0 Å². The SMILES string of the molecule is Cc1ccc(N[C@@H]2CN(C(=O)c3ccco3)C[C@@H]3CCCO[C@@H]32)nn1. The first kappa shape index (κ1) is 16.1. The molecule has 132 valence electrons. The highest BCUT2D eigenvalue weighted by atomic mass is 16.5. The predicted molar refractivity (Wildman–Crippen MR) is 91.3 cm³/mol. The van der Waals surface area contributed by atoms with Crippen LogP contribution in [-0.4, -0.2) is 52.8 Å². The van der Waals surface area contributed by atoms with E-state index in [4.69, 9.17) is 9.15 Å². The molecule has 7 heteroatoms. The zero-order valence-corrected chi connectivity index (χ0v) is 14.2. The van der Waals surface area contributed by atoms with Gasteiger partial charge in [-0.3, -0.25) is 4.79 Å². The summed E-state index contributed by atoms with van der Waals surface area (Å²) in [6.45, 7) is 3.92. The van der Waals surface area contributed by atoms with Gasteiger partial charge >= 0.3 is 0 Å². The van der Waals surface area contributed by atoms with Crippen LogP contribution in [0, 0.1) is 12.8 Å². The van der Waals surface area contributed by atoms with Gasteiger partial charge in [0.25, 0.3) is 5.91 Å². The molecule has 0 bridgehead atoms. The topological polar surface area (TPSA) is 80.5 Å². The van der Waals surface area contributed by atoms with Crippen molar-refractivity contribution >= 4 is 11.7 Å². The van der Waals surface area contributed by atoms with Gasteiger partial charge < -0.3 is 19.4 Å². The Morgan fingerprint density at radius 3 is 2.96 bits per heavy atom. The molecule has 25 heavy (non-hydrogen) atoms. The largest absolute Gasteiger partial charge is 0.459 e. The Kier molecular flexibility index (Phi) is 4.40. The molecule has 0 saturated carbocycles. The van der Waals surface area contributed by atoms with Crippen molar-refractivity contribution in [1.82, 2.24) is 15.1 Å². The Balaban J connectivity index is 1.54. The van der Waals surface area contributed by atoms with Gasteiger partial charge in [-0.05, 0) is 44.0 Å². The van der Waals surface area contributed by atoms with Crippen molar-refractivity contribution in [2.45, 2.75) is 31.9 Å². The Morgan fingerprint density at radius 1 is 1.28 bits per heavy atom. The summed E-state index contributed by atoms with van der Waals surface area (Å²) in [5.74, 6) is 1.33. The molecule has 0 radical (unpaired) electrons. The van der Waals surface area contributed by atoms with Crippen molar-refractivity contribution in [3.8, 4) is 0 Å². The van der Waals surface area contributed by atoms with E-state index in [2.05, 4.69) is 15.5 Å². The number of ether oxygens (including phenoxy) is 1. The van der Waals surface area contributed by atoms with Crippen LogP contribution in [0.2, 0.25) is 0 Å². The van der Waals surface area contributed by atoms with E-state index < -0.39 is 0 Å². The molecule has 2 aliphatic rings. The van der Waals surface area contributed by atoms with Gasteiger partial charge in [-0.25, -0.2) is 0 Å². The van der Waals surface area contributed by atoms with Gasteiger partial charge in [-0.1, -0.05) is 0 Å². The minimum Gasteiger partial charge on any atom is -0.459 e. The van der Waals surface area contributed by atoms with E-state index in [-0.39, 0.29) is 18.1 Å². The van der Waals surface area contributed by atoms with Crippen LogP contribution in [0.5, 0.6) is 0 Å². The molecule has 2 aromatic rings. The number of carbonyl (C=O) groups is 1. The van der Waals surface area contributed by atoms with E-state index in [1.807, 2.05) is 24.0 Å². The molecule has 1 amide bonds. The third kappa shape index (κ3) is 3.37. The third-order valence-electron chi connectivity index (χ3n) is 4.91. The number of likely N-dealkylation sites (tertiary alicyclic amines) is 1. The molecule has 4 heterocycles. The standard InChI is InChI=1S/C18H22N4O3/c1-12-6-7-16(21-20-12)19-14-11-22(18(23)15-5-3-8-24-15)10-13-4-2-9-25-17(13)14/h3,5-8,13-14,17H,2,4,9-11H2,1H3,(H,19,21)/t13-,14+,17-/m0/s1. The maximum Gasteiger partial charge on any atom is 0.289 e. The lowest BCUT2D eigenvalue weighted by molar-refractivity contribution is -0.0679. The van der Waals surface area contributed by atoms with Crippen molar-refractivity contribution in [3.63, 3.8) is 0 Å². The van der Waals surface area contributed by atoms with Crippen LogP contribution in [0.15, 0.2) is 34.9 Å². The van der Waals surface area contributed by atoms with Gasteiger partial charge in [0.1, 0.15) is 5.82 Å². The fourth-order valence-corrected chi connectivity index (χ4v) is 3.72. The van der Waals surface area contributed by atoms with Gasteiger partial charge in [-0.2, -0.15) is 5.10 Å². The number of furan rings is 1. The maximum absolute atomic E-state index is 12.7. The Morgan fingerprint density at radius 2 is 2.20 bits per heavy atom. The molecular weight excluding hydrogens is 320 g/mol. The van der Waals surface area contributed by atoms with E-state index in [0.717, 1.165) is 25.1 Å². The number of anilines is 1. The summed E-state index contributed by atoms with van der Waals surface area (Å²) < 4.78 is 11.3. The zero-order chi connectivity index (χ0) is 17.2. The summed E-state index contributed by atoms with van der Waals surface area (Å²) in [4.78, 5) is 14.6. The van der Waals surface area contributed by atoms with E-state index >= 15 is 0 Å². The minimum atomic E-state index is -0.0733. The summed E-state index contributed by atoms with van der Waals surface area (Å²) in [6.07, 6.45) is 3.70. The zero-order valence-electron chi connectivity index (χ0n) is 14.2. The number of hydrogen-bond acceptors (Lipinski definition) is 6. The number of carbonyl (C=O) groups excluding carboxylic acids is 1. The second kappa shape index (κ2) is 6.84. The van der Waals surface area contributed by atoms with Gasteiger partial charge in [0.05, 0.1) is 24.1 Å². The van der Waals surface area contributed by atoms with Gasteiger partial charge in [-0.15, -0.1) is 5.10 Å². The molecule has 2 aliphatic heterocycles. The van der Waals surface area contributed by atoms with Gasteiger partial charge in [0, 0.05) is 25.6 Å². The van der Waals surface area contributed by atoms with Crippen LogP contribution in [0.4, 0.5) is 5.82 Å². The number of aromatic nitrogens is 2. The third-order valence-corrected chi connectivity index (χ3v) is 4.91. The van der Waals surface area contributed by atoms with Crippen LogP contribution < -0.4 is 5.32 Å². The minimum absolute atomic E-state index is 0.0185. The highest BCUT2D eigenvalue weighted by molar-refractivity contribution is 5.91. The number of nitrogens with one attached hydrogen (secondary N) is 1. The fraction of sp³-hybridized carbons (Fsp3) is 0.500. The molecule has 4 rings (SSSR count). The fourth-order valence-electron chi connectivity index (χ4n) is 3.72. The Bertz CT molecular complexity index is 716. The number of hydrogen-bond donors (Lipinski definition) is 1. The first-order valence-electron chi connectivity index (χ1n) is 8.72. The maximum atomic E-state index is 12.7. The molecule has 1 N–H and O–H groups in total. The lowest BCUT2D eigenvalue weighted by atomic mass is 9.85. The van der Waals surface area contributed by atoms with Crippen LogP contribution in [0.3, 0.4) is 0 Å². The van der Waals surface area contributed by atoms with Crippen LogP contribution >= 0.6 is 0 Å². The summed E-state index contributed by atoms with van der Waals surface area (Å²) in [6, 6.07) is 7.26. The number of nitrogens with zero attached hydrogens (tertiary/aromatic N) is 3. The molecule has 2 fully saturated rings. The molecular formula is C18H22N4O3. The predicted octanol–water partition coefficient (Wildman–Crippen LogP) is 2.11. The van der Waals surface area contributed by atoms with Crippen molar-refractivity contribution in [3.05, 3.63) is 42.0 Å². The van der Waals surface area contributed by atoms with E-state index in [9.17, 15) is 4.79 Å². The first-order valence-corrected chi connectivity index (χ1v) is 8.72. The average Bonchev–Trinajstić information content (AvgIpc) is 3.17. The smallest absolute Gasteiger partial charge is 0.289 e. The molecule has 0 aliphatic carbocycles. The lowest BCUT2D eigenvalue weighted by Crippen LogP contribution is -2.59. The lowest BCUT2D eigenvalue weighted by Gasteiger charge is -2.45. The molecule has 7 nitrogen and oxygen atoms in total. The highest BCUT2D eigenvalue weighted by Crippen LogP contribution is 2.30. The van der Waals surface area contributed by atoms with E-state index in [1.54, 1.807) is 12.1 Å². The number of rotatable bonds is 3. The quantitative estimate of drug-likeness (QED) is 0.920. The Hall–Kier alpha value is -2.41. The molecule has 2 aromatic heterocycles. The number of fused-ring (bicyclic) bond motifs is 1. The second-order valence-electron chi connectivity index (χ2n) is 6.74. The number of piperidine rings is 1. The van der Waals surface area contributed by atoms with Crippen LogP contribution in [-0.2, 0) is 4.74 Å². The molecule has 0 aromatic carbocycles.